The maximum absolute atomic E-state index is 14.8. The molecule has 530 valence electrons. The van der Waals surface area contributed by atoms with Crippen LogP contribution >= 0.6 is 0 Å². The topological polar surface area (TPSA) is 15.5 Å². The van der Waals surface area contributed by atoms with Gasteiger partial charge >= 0.3 is 0 Å². The highest BCUT2D eigenvalue weighted by molar-refractivity contribution is 5.85. The van der Waals surface area contributed by atoms with Gasteiger partial charge in [0.15, 0.2) is 0 Å². The quantitative estimate of drug-likeness (QED) is 0.135. The van der Waals surface area contributed by atoms with Crippen molar-refractivity contribution in [1.29, 1.82) is 0 Å². The third-order valence-corrected chi connectivity index (χ3v) is 24.7. The summed E-state index contributed by atoms with van der Waals surface area (Å²) >= 11 is 0. The molecule has 4 saturated carbocycles. The lowest BCUT2D eigenvalue weighted by molar-refractivity contribution is -0.633. The summed E-state index contributed by atoms with van der Waals surface area (Å²) in [6, 6.07) is 65.4. The minimum Gasteiger partial charge on any atom is -0.207 e. The van der Waals surface area contributed by atoms with Crippen molar-refractivity contribution in [3.05, 3.63) is 260 Å². The van der Waals surface area contributed by atoms with Gasteiger partial charge < -0.3 is 0 Å². The van der Waals surface area contributed by atoms with Gasteiger partial charge in [-0.1, -0.05) is 160 Å². The van der Waals surface area contributed by atoms with Crippen LogP contribution in [-0.4, -0.2) is 0 Å². The lowest BCUT2D eigenvalue weighted by Crippen LogP contribution is -2.32. The molecule has 0 amide bonds. The molecule has 0 aliphatic heterocycles. The largest absolute Gasteiger partial charge is 0.213 e. The molecule has 4 heterocycles. The molecule has 0 N–H and O–H groups in total. The Hall–Kier alpha value is -8.67. The van der Waals surface area contributed by atoms with Crippen molar-refractivity contribution in [2.24, 2.45) is 28.2 Å². The maximum atomic E-state index is 14.8. The Kier molecular flexibility index (Phi) is 22.7. The monoisotopic (exact) mass is 1370 g/mol. The minimum atomic E-state index is -0.0381. The van der Waals surface area contributed by atoms with E-state index >= 15 is 0 Å². The normalized spacial score (nSPS) is 15.6. The van der Waals surface area contributed by atoms with Crippen molar-refractivity contribution in [2.45, 2.75) is 221 Å². The van der Waals surface area contributed by atoms with Crippen molar-refractivity contribution in [3.63, 3.8) is 0 Å². The Morgan fingerprint density at radius 3 is 1.11 bits per heavy atom. The van der Waals surface area contributed by atoms with Gasteiger partial charge in [0.1, 0.15) is 34.0 Å². The van der Waals surface area contributed by atoms with E-state index in [1.165, 1.54) is 260 Å². The first-order valence-electron chi connectivity index (χ1n) is 39.5. The summed E-state index contributed by atoms with van der Waals surface area (Å²) in [5.41, 5.74) is 34.5. The zero-order valence-corrected chi connectivity index (χ0v) is 64.9. The molecule has 4 aromatic heterocycles. The molecule has 0 unspecified atom stereocenters. The summed E-state index contributed by atoms with van der Waals surface area (Å²) < 4.78 is 24.2. The fourth-order valence-electron chi connectivity index (χ4n) is 18.4. The number of aromatic nitrogens is 4. The minimum absolute atomic E-state index is 0.0381. The number of nitrogens with zero attached hydrogens (tertiary/aromatic N) is 4. The number of hydrogen-bond acceptors (Lipinski definition) is 0. The summed E-state index contributed by atoms with van der Waals surface area (Å²) in [5, 5.41) is 5.18. The highest BCUT2D eigenvalue weighted by Crippen LogP contribution is 2.41. The first kappa shape index (κ1) is 72.7. The van der Waals surface area contributed by atoms with Crippen LogP contribution in [0, 0.1) is 75.1 Å². The number of benzene rings is 8. The Morgan fingerprint density at radius 1 is 0.282 bits per heavy atom. The number of rotatable bonds is 8. The third-order valence-electron chi connectivity index (χ3n) is 24.7. The van der Waals surface area contributed by atoms with Gasteiger partial charge in [-0.2, -0.15) is 18.3 Å². The number of pyridine rings is 4. The summed E-state index contributed by atoms with van der Waals surface area (Å²) in [7, 11) is 8.75. The van der Waals surface area contributed by atoms with Crippen LogP contribution in [0.2, 0.25) is 0 Å². The second kappa shape index (κ2) is 32.1. The molecule has 5 heteroatoms. The number of halogens is 1. The molecule has 4 fully saturated rings. The van der Waals surface area contributed by atoms with E-state index in [4.69, 9.17) is 0 Å². The summed E-state index contributed by atoms with van der Waals surface area (Å²) in [4.78, 5) is 0. The summed E-state index contributed by atoms with van der Waals surface area (Å²) in [5.74, 6) is 2.56. The van der Waals surface area contributed by atoms with Gasteiger partial charge in [0.05, 0.1) is 5.39 Å². The molecule has 0 saturated heterocycles. The Morgan fingerprint density at radius 2 is 0.650 bits per heavy atom. The van der Waals surface area contributed by atoms with Crippen LogP contribution in [0.1, 0.15) is 230 Å². The SMILES string of the molecule is Cc1cc(C)c(C)c(-c2ccc3c(C4CCCCC4)cccc3[n+]2C)c1.Cc1cc(C)c(C)c(-c2ccc3ccc(C4CCCCC4)cc3[n+]2C)c1.Cc1ccc(C)c(-c2ccc3c(C4CCCCC4)c(F)ccc3[n+]2C)c1.Cc1ccc(C)c(-c2ccc3ccc(C4CCCCC4)cc3[n+]2C)c1. The third kappa shape index (κ3) is 15.7. The lowest BCUT2D eigenvalue weighted by atomic mass is 9.82. The van der Waals surface area contributed by atoms with Gasteiger partial charge in [-0.3, -0.25) is 0 Å². The number of hydrogen-bond donors (Lipinski definition) is 0. The van der Waals surface area contributed by atoms with Crippen LogP contribution < -0.4 is 18.3 Å². The van der Waals surface area contributed by atoms with Crippen LogP contribution in [0.5, 0.6) is 0 Å². The van der Waals surface area contributed by atoms with Crippen molar-refractivity contribution in [2.75, 3.05) is 0 Å². The fourth-order valence-corrected chi connectivity index (χ4v) is 18.4. The molecular weight excluding hydrogens is 1250 g/mol. The fraction of sp³-hybridized carbons (Fsp3) is 0.388. The van der Waals surface area contributed by atoms with Gasteiger partial charge in [0.25, 0.3) is 0 Å². The summed E-state index contributed by atoms with van der Waals surface area (Å²) in [6.07, 6.45) is 26.6. The van der Waals surface area contributed by atoms with Gasteiger partial charge in [-0.05, 0) is 261 Å². The standard InChI is InChI=1S/2C25H30N.C24H27FN.C24H28N/c1-17-15-18(2)19(3)23(16-17)25-14-13-22-21(20-9-6-5-7-10-20)11-8-12-24(22)26(25)4;1-17-14-18(2)19(3)23(15-17)24-13-12-21-10-11-22(16-25(21)26(24)4)20-8-6-5-7-9-20;1-16-9-10-17(2)20(15-16)23-13-11-19-22(26(23)3)14-12-21(25)24(19)18-7-5-4-6-8-18;1-17-9-10-18(2)22(15-17)23-14-13-20-11-12-21(16-24(20)25(23)3)19-7-5-4-6-8-19/h8,11-16,20H,5-7,9-10H2,1-4H3;10-16,20H,5-9H2,1-4H3;9-15,18H,4-8H2,1-3H3;9-16,19H,4-8H2,1-3H3/q4*+1. The average molecular weight is 1370 g/mol. The number of aryl methyl sites for hydroxylation is 12. The molecule has 0 radical (unpaired) electrons. The number of fused-ring (bicyclic) bond motifs is 4. The van der Waals surface area contributed by atoms with Crippen molar-refractivity contribution in [1.82, 2.24) is 0 Å². The molecule has 8 aromatic carbocycles. The average Bonchev–Trinajstić information content (AvgIpc) is 0.778. The highest BCUT2D eigenvalue weighted by Gasteiger charge is 2.29. The van der Waals surface area contributed by atoms with E-state index in [0.717, 1.165) is 47.1 Å². The molecule has 4 aliphatic rings. The molecular formula is C98H115FN4+4. The van der Waals surface area contributed by atoms with Crippen LogP contribution in [-0.2, 0) is 28.2 Å². The van der Waals surface area contributed by atoms with E-state index in [9.17, 15) is 4.39 Å². The first-order valence-corrected chi connectivity index (χ1v) is 39.5. The molecule has 12 aromatic rings. The van der Waals surface area contributed by atoms with E-state index in [1.807, 2.05) is 6.07 Å². The van der Waals surface area contributed by atoms with Gasteiger partial charge in [-0.25, -0.2) is 4.39 Å². The lowest BCUT2D eigenvalue weighted by Gasteiger charge is -2.23. The Bertz CT molecular complexity index is 5010. The van der Waals surface area contributed by atoms with Gasteiger partial charge in [0.2, 0.25) is 44.8 Å². The smallest absolute Gasteiger partial charge is 0.207 e. The second-order valence-corrected chi connectivity index (χ2v) is 31.9. The zero-order valence-electron chi connectivity index (χ0n) is 64.9. The van der Waals surface area contributed by atoms with E-state index in [2.05, 4.69) is 279 Å². The molecule has 0 bridgehead atoms. The van der Waals surface area contributed by atoms with E-state index in [-0.39, 0.29) is 5.82 Å². The van der Waals surface area contributed by atoms with Crippen molar-refractivity contribution < 1.29 is 22.7 Å². The van der Waals surface area contributed by atoms with E-state index < -0.39 is 0 Å². The van der Waals surface area contributed by atoms with Crippen LogP contribution in [0.15, 0.2) is 176 Å². The first-order chi connectivity index (χ1) is 49.8. The van der Waals surface area contributed by atoms with Crippen LogP contribution in [0.4, 0.5) is 4.39 Å². The van der Waals surface area contributed by atoms with E-state index in [0.29, 0.717) is 5.92 Å². The van der Waals surface area contributed by atoms with Crippen LogP contribution in [0.25, 0.3) is 88.6 Å². The molecule has 16 rings (SSSR count). The molecule has 0 spiro atoms. The second-order valence-electron chi connectivity index (χ2n) is 31.9. The molecule has 4 nitrogen and oxygen atoms in total. The zero-order chi connectivity index (χ0) is 72.2. The highest BCUT2D eigenvalue weighted by atomic mass is 19.1. The molecule has 4 aliphatic carbocycles. The van der Waals surface area contributed by atoms with Crippen LogP contribution in [0.3, 0.4) is 0 Å². The molecule has 103 heavy (non-hydrogen) atoms. The maximum Gasteiger partial charge on any atom is 0.213 e. The molecule has 0 atom stereocenters. The summed E-state index contributed by atoms with van der Waals surface area (Å²) in [6.45, 7) is 22.0. The van der Waals surface area contributed by atoms with Gasteiger partial charge in [-0.15, -0.1) is 0 Å². The Labute approximate surface area is 616 Å². The van der Waals surface area contributed by atoms with Crippen molar-refractivity contribution >= 4 is 43.6 Å². The van der Waals surface area contributed by atoms with E-state index in [1.54, 1.807) is 11.6 Å². The predicted molar refractivity (Wildman–Crippen MR) is 433 cm³/mol. The van der Waals surface area contributed by atoms with Crippen molar-refractivity contribution in [3.8, 4) is 45.0 Å². The Balaban J connectivity index is 0.000000122. The predicted octanol–water partition coefficient (Wildman–Crippen LogP) is 24.7. The van der Waals surface area contributed by atoms with Gasteiger partial charge in [0, 0.05) is 92.5 Å².